The summed E-state index contributed by atoms with van der Waals surface area (Å²) in [6, 6.07) is 15.3. The highest BCUT2D eigenvalue weighted by atomic mass is 32.1. The van der Waals surface area contributed by atoms with E-state index in [4.69, 9.17) is 4.74 Å². The summed E-state index contributed by atoms with van der Waals surface area (Å²) in [5.41, 5.74) is 4.10. The van der Waals surface area contributed by atoms with Crippen LogP contribution in [0, 0.1) is 0 Å². The molecule has 21 heavy (non-hydrogen) atoms. The average Bonchev–Trinajstić information content (AvgIpc) is 3.02. The van der Waals surface area contributed by atoms with Crippen molar-refractivity contribution in [2.75, 3.05) is 13.7 Å². The molecular formula is C18H17NOS. The SMILES string of the molecule is COc1c(C2CNCc3ccccc32)ccc2ccsc12. The van der Waals surface area contributed by atoms with Gasteiger partial charge >= 0.3 is 0 Å². The summed E-state index contributed by atoms with van der Waals surface area (Å²) in [7, 11) is 1.78. The van der Waals surface area contributed by atoms with Gasteiger partial charge in [-0.15, -0.1) is 11.3 Å². The quantitative estimate of drug-likeness (QED) is 0.767. The molecule has 2 aromatic carbocycles. The highest BCUT2D eigenvalue weighted by molar-refractivity contribution is 7.17. The third-order valence-corrected chi connectivity index (χ3v) is 5.21. The molecular weight excluding hydrogens is 278 g/mol. The lowest BCUT2D eigenvalue weighted by atomic mass is 9.85. The Hall–Kier alpha value is -1.84. The van der Waals surface area contributed by atoms with Gasteiger partial charge in [0, 0.05) is 24.6 Å². The van der Waals surface area contributed by atoms with Gasteiger partial charge in [-0.1, -0.05) is 36.4 Å². The van der Waals surface area contributed by atoms with Crippen LogP contribution in [0.3, 0.4) is 0 Å². The van der Waals surface area contributed by atoms with Crippen molar-refractivity contribution in [3.8, 4) is 5.75 Å². The predicted molar refractivity (Wildman–Crippen MR) is 88.4 cm³/mol. The Morgan fingerprint density at radius 1 is 1.10 bits per heavy atom. The number of methoxy groups -OCH3 is 1. The first-order valence-electron chi connectivity index (χ1n) is 7.21. The Kier molecular flexibility index (Phi) is 3.17. The van der Waals surface area contributed by atoms with Crippen molar-refractivity contribution < 1.29 is 4.74 Å². The molecule has 0 radical (unpaired) electrons. The number of ether oxygens (including phenoxy) is 1. The van der Waals surface area contributed by atoms with Gasteiger partial charge in [0.05, 0.1) is 11.8 Å². The summed E-state index contributed by atoms with van der Waals surface area (Å²) in [6.07, 6.45) is 0. The monoisotopic (exact) mass is 295 g/mol. The van der Waals surface area contributed by atoms with Crippen LogP contribution in [-0.4, -0.2) is 13.7 Å². The number of fused-ring (bicyclic) bond motifs is 2. The zero-order valence-electron chi connectivity index (χ0n) is 11.9. The molecule has 0 amide bonds. The molecule has 3 aromatic rings. The Bertz CT molecular complexity index is 793. The van der Waals surface area contributed by atoms with Crippen LogP contribution in [0.5, 0.6) is 5.75 Å². The van der Waals surface area contributed by atoms with Crippen LogP contribution < -0.4 is 10.1 Å². The van der Waals surface area contributed by atoms with E-state index in [-0.39, 0.29) is 0 Å². The molecule has 0 saturated heterocycles. The van der Waals surface area contributed by atoms with E-state index in [9.17, 15) is 0 Å². The normalized spacial score (nSPS) is 17.7. The van der Waals surface area contributed by atoms with Gasteiger partial charge in [-0.2, -0.15) is 0 Å². The molecule has 4 rings (SSSR count). The molecule has 2 heterocycles. The minimum atomic E-state index is 0.358. The second-order valence-corrected chi connectivity index (χ2v) is 6.33. The highest BCUT2D eigenvalue weighted by Gasteiger charge is 2.25. The van der Waals surface area contributed by atoms with E-state index in [1.165, 1.54) is 26.8 Å². The van der Waals surface area contributed by atoms with Crippen molar-refractivity contribution >= 4 is 21.4 Å². The summed E-state index contributed by atoms with van der Waals surface area (Å²) in [6.45, 7) is 1.92. The van der Waals surface area contributed by atoms with Crippen LogP contribution in [0.2, 0.25) is 0 Å². The fraction of sp³-hybridized carbons (Fsp3) is 0.222. The van der Waals surface area contributed by atoms with Crippen LogP contribution >= 0.6 is 11.3 Å². The van der Waals surface area contributed by atoms with Gasteiger partial charge in [-0.05, 0) is 28.0 Å². The Labute approximate surface area is 128 Å². The second-order valence-electron chi connectivity index (χ2n) is 5.41. The number of benzene rings is 2. The largest absolute Gasteiger partial charge is 0.495 e. The summed E-state index contributed by atoms with van der Waals surface area (Å²) in [5, 5.41) is 6.92. The standard InChI is InChI=1S/C18H17NOS/c1-20-17-15(7-6-12-8-9-21-18(12)17)16-11-19-10-13-4-2-3-5-14(13)16/h2-9,16,19H,10-11H2,1H3. The lowest BCUT2D eigenvalue weighted by Gasteiger charge is -2.28. The van der Waals surface area contributed by atoms with Crippen LogP contribution in [0.4, 0.5) is 0 Å². The zero-order valence-corrected chi connectivity index (χ0v) is 12.7. The van der Waals surface area contributed by atoms with E-state index in [1.54, 1.807) is 18.4 Å². The fourth-order valence-corrected chi connectivity index (χ4v) is 4.21. The lowest BCUT2D eigenvalue weighted by Crippen LogP contribution is -2.28. The van der Waals surface area contributed by atoms with Crippen LogP contribution in [-0.2, 0) is 6.54 Å². The fourth-order valence-electron chi connectivity index (χ4n) is 3.28. The summed E-state index contributed by atoms with van der Waals surface area (Å²) in [5.74, 6) is 1.39. The summed E-state index contributed by atoms with van der Waals surface area (Å²) >= 11 is 1.75. The van der Waals surface area contributed by atoms with Crippen LogP contribution in [0.15, 0.2) is 47.8 Å². The maximum Gasteiger partial charge on any atom is 0.140 e. The zero-order chi connectivity index (χ0) is 14.2. The van der Waals surface area contributed by atoms with Crippen molar-refractivity contribution in [2.24, 2.45) is 0 Å². The number of thiophene rings is 1. The molecule has 2 nitrogen and oxygen atoms in total. The molecule has 1 aliphatic rings. The van der Waals surface area contributed by atoms with Gasteiger partial charge in [0.1, 0.15) is 5.75 Å². The maximum atomic E-state index is 5.77. The molecule has 3 heteroatoms. The molecule has 1 unspecified atom stereocenters. The summed E-state index contributed by atoms with van der Waals surface area (Å²) in [4.78, 5) is 0. The first kappa shape index (κ1) is 12.9. The van der Waals surface area contributed by atoms with Crippen molar-refractivity contribution in [3.05, 3.63) is 64.5 Å². The summed E-state index contributed by atoms with van der Waals surface area (Å²) < 4.78 is 7.02. The third-order valence-electron chi connectivity index (χ3n) is 4.28. The maximum absolute atomic E-state index is 5.77. The van der Waals surface area contributed by atoms with Crippen molar-refractivity contribution in [1.82, 2.24) is 5.32 Å². The number of hydrogen-bond acceptors (Lipinski definition) is 3. The van der Waals surface area contributed by atoms with E-state index in [0.29, 0.717) is 5.92 Å². The Balaban J connectivity index is 1.91. The van der Waals surface area contributed by atoms with Gasteiger partial charge in [-0.25, -0.2) is 0 Å². The molecule has 0 saturated carbocycles. The van der Waals surface area contributed by atoms with E-state index >= 15 is 0 Å². The van der Waals surface area contributed by atoms with Crippen LogP contribution in [0.25, 0.3) is 10.1 Å². The van der Waals surface area contributed by atoms with E-state index < -0.39 is 0 Å². The lowest BCUT2D eigenvalue weighted by molar-refractivity contribution is 0.411. The average molecular weight is 295 g/mol. The molecule has 1 aromatic heterocycles. The van der Waals surface area contributed by atoms with Gasteiger partial charge in [-0.3, -0.25) is 0 Å². The molecule has 1 N–H and O–H groups in total. The predicted octanol–water partition coefficient (Wildman–Crippen LogP) is 4.15. The number of rotatable bonds is 2. The minimum absolute atomic E-state index is 0.358. The highest BCUT2D eigenvalue weighted by Crippen LogP contribution is 2.41. The Morgan fingerprint density at radius 3 is 2.90 bits per heavy atom. The molecule has 0 fully saturated rings. The number of hydrogen-bond donors (Lipinski definition) is 1. The van der Waals surface area contributed by atoms with E-state index in [2.05, 4.69) is 53.2 Å². The first-order chi connectivity index (χ1) is 10.4. The number of nitrogens with one attached hydrogen (secondary N) is 1. The van der Waals surface area contributed by atoms with Gasteiger partial charge < -0.3 is 10.1 Å². The molecule has 1 aliphatic heterocycles. The van der Waals surface area contributed by atoms with Crippen molar-refractivity contribution in [1.29, 1.82) is 0 Å². The van der Waals surface area contributed by atoms with Crippen molar-refractivity contribution in [3.63, 3.8) is 0 Å². The van der Waals surface area contributed by atoms with E-state index in [1.807, 2.05) is 0 Å². The van der Waals surface area contributed by atoms with Crippen molar-refractivity contribution in [2.45, 2.75) is 12.5 Å². The smallest absolute Gasteiger partial charge is 0.140 e. The topological polar surface area (TPSA) is 21.3 Å². The van der Waals surface area contributed by atoms with E-state index in [0.717, 1.165) is 18.8 Å². The molecule has 1 atom stereocenters. The minimum Gasteiger partial charge on any atom is -0.495 e. The third kappa shape index (κ3) is 2.04. The van der Waals surface area contributed by atoms with Gasteiger partial charge in [0.25, 0.3) is 0 Å². The second kappa shape index (κ2) is 5.17. The molecule has 0 spiro atoms. The first-order valence-corrected chi connectivity index (χ1v) is 8.09. The molecule has 106 valence electrons. The molecule has 0 aliphatic carbocycles. The molecule has 0 bridgehead atoms. The Morgan fingerprint density at radius 2 is 2.00 bits per heavy atom. The van der Waals surface area contributed by atoms with Crippen LogP contribution in [0.1, 0.15) is 22.6 Å². The van der Waals surface area contributed by atoms with Gasteiger partial charge in [0.2, 0.25) is 0 Å². The van der Waals surface area contributed by atoms with Gasteiger partial charge in [0.15, 0.2) is 0 Å².